The Bertz CT molecular complexity index is 183. The molecule has 0 aromatic carbocycles. The third-order valence-corrected chi connectivity index (χ3v) is 2.18. The van der Waals surface area contributed by atoms with Gasteiger partial charge in [0.15, 0.2) is 0 Å². The van der Waals surface area contributed by atoms with E-state index in [0.717, 1.165) is 6.42 Å². The van der Waals surface area contributed by atoms with Gasteiger partial charge in [-0.15, -0.1) is 0 Å². The number of unbranched alkanes of at least 4 members (excludes halogenated alkanes) is 4. The van der Waals surface area contributed by atoms with Crippen LogP contribution in [0.25, 0.3) is 0 Å². The van der Waals surface area contributed by atoms with Crippen molar-refractivity contribution < 1.29 is 9.53 Å². The molecule has 0 unspecified atom stereocenters. The highest BCUT2D eigenvalue weighted by Crippen LogP contribution is 2.03. The van der Waals surface area contributed by atoms with Crippen LogP contribution in [0.5, 0.6) is 0 Å². The second-order valence-electron chi connectivity index (χ2n) is 4.11. The van der Waals surface area contributed by atoms with Crippen LogP contribution >= 0.6 is 0 Å². The van der Waals surface area contributed by atoms with Crippen molar-refractivity contribution in [3.8, 4) is 0 Å². The minimum absolute atomic E-state index is 0.0250. The Morgan fingerprint density at radius 1 is 1.20 bits per heavy atom. The monoisotopic (exact) mass is 212 g/mol. The second-order valence-corrected chi connectivity index (χ2v) is 4.11. The first-order valence-corrected chi connectivity index (χ1v) is 6.00. The van der Waals surface area contributed by atoms with Crippen LogP contribution in [0.3, 0.4) is 0 Å². The van der Waals surface area contributed by atoms with Gasteiger partial charge in [-0.2, -0.15) is 0 Å². The third-order valence-electron chi connectivity index (χ3n) is 2.18. The van der Waals surface area contributed by atoms with Crippen LogP contribution in [0.2, 0.25) is 0 Å². The zero-order valence-electron chi connectivity index (χ0n) is 10.3. The van der Waals surface area contributed by atoms with Crippen molar-refractivity contribution >= 4 is 5.97 Å². The summed E-state index contributed by atoms with van der Waals surface area (Å²) in [6.45, 7) is 6.32. The van der Waals surface area contributed by atoms with E-state index in [1.165, 1.54) is 25.7 Å². The van der Waals surface area contributed by atoms with Crippen molar-refractivity contribution in [1.82, 2.24) is 0 Å². The first-order chi connectivity index (χ1) is 7.18. The Labute approximate surface area is 93.7 Å². The van der Waals surface area contributed by atoms with Gasteiger partial charge in [-0.25, -0.2) is 0 Å². The highest BCUT2D eigenvalue weighted by molar-refractivity contribution is 5.71. The Morgan fingerprint density at radius 3 is 2.53 bits per heavy atom. The molecule has 0 saturated heterocycles. The molecule has 0 aliphatic rings. The molecule has 0 aliphatic heterocycles. The molecule has 0 fully saturated rings. The summed E-state index contributed by atoms with van der Waals surface area (Å²) in [5.41, 5.74) is 0. The average molecular weight is 212 g/mol. The van der Waals surface area contributed by atoms with Gasteiger partial charge >= 0.3 is 5.97 Å². The van der Waals surface area contributed by atoms with Crippen molar-refractivity contribution in [2.75, 3.05) is 6.61 Å². The van der Waals surface area contributed by atoms with Gasteiger partial charge in [0.05, 0.1) is 5.92 Å². The predicted molar refractivity (Wildman–Crippen MR) is 63.7 cm³/mol. The summed E-state index contributed by atoms with van der Waals surface area (Å²) in [5.74, 6) is -0.145. The van der Waals surface area contributed by atoms with E-state index in [0.29, 0.717) is 6.61 Å². The van der Waals surface area contributed by atoms with E-state index in [1.807, 2.05) is 19.9 Å². The number of esters is 1. The molecule has 0 N–H and O–H groups in total. The van der Waals surface area contributed by atoms with E-state index in [-0.39, 0.29) is 11.9 Å². The second kappa shape index (κ2) is 9.75. The lowest BCUT2D eigenvalue weighted by Gasteiger charge is -2.03. The van der Waals surface area contributed by atoms with Crippen molar-refractivity contribution in [2.45, 2.75) is 52.9 Å². The number of hydrogen-bond donors (Lipinski definition) is 0. The molecular weight excluding hydrogens is 188 g/mol. The summed E-state index contributed by atoms with van der Waals surface area (Å²) >= 11 is 0. The van der Waals surface area contributed by atoms with Crippen LogP contribution in [-0.2, 0) is 9.53 Å². The molecule has 15 heavy (non-hydrogen) atoms. The van der Waals surface area contributed by atoms with E-state index in [9.17, 15) is 4.79 Å². The molecule has 0 radical (unpaired) electrons. The predicted octanol–water partition coefficient (Wildman–Crippen LogP) is 3.71. The van der Waals surface area contributed by atoms with E-state index < -0.39 is 0 Å². The Balaban J connectivity index is 3.28. The quantitative estimate of drug-likeness (QED) is 0.348. The standard InChI is InChI=1S/C13H24O2/c1-4-5-6-7-8-9-10-11-15-13(14)12(2)3/h9-10,12H,4-8,11H2,1-3H3. The van der Waals surface area contributed by atoms with Gasteiger partial charge in [-0.1, -0.05) is 52.2 Å². The smallest absolute Gasteiger partial charge is 0.308 e. The van der Waals surface area contributed by atoms with Crippen LogP contribution in [0.4, 0.5) is 0 Å². The Morgan fingerprint density at radius 2 is 1.93 bits per heavy atom. The van der Waals surface area contributed by atoms with Gasteiger partial charge in [-0.05, 0) is 12.8 Å². The molecule has 2 nitrogen and oxygen atoms in total. The van der Waals surface area contributed by atoms with Gasteiger partial charge in [0.2, 0.25) is 0 Å². The summed E-state index contributed by atoms with van der Waals surface area (Å²) in [4.78, 5) is 11.1. The normalized spacial score (nSPS) is 11.2. The molecule has 0 aliphatic carbocycles. The zero-order valence-corrected chi connectivity index (χ0v) is 10.3. The summed E-state index contributed by atoms with van der Waals surface area (Å²) in [5, 5.41) is 0. The Hall–Kier alpha value is -0.790. The molecule has 0 rings (SSSR count). The lowest BCUT2D eigenvalue weighted by atomic mass is 10.1. The maximum absolute atomic E-state index is 11.1. The molecule has 0 atom stereocenters. The SMILES string of the molecule is CCCCCCC=CCOC(=O)C(C)C. The molecule has 2 heteroatoms. The van der Waals surface area contributed by atoms with E-state index >= 15 is 0 Å². The van der Waals surface area contributed by atoms with E-state index in [1.54, 1.807) is 0 Å². The van der Waals surface area contributed by atoms with Crippen LogP contribution in [0.1, 0.15) is 52.9 Å². The van der Waals surface area contributed by atoms with Gasteiger partial charge in [-0.3, -0.25) is 4.79 Å². The maximum atomic E-state index is 11.1. The summed E-state index contributed by atoms with van der Waals surface area (Å²) < 4.78 is 5.01. The lowest BCUT2D eigenvalue weighted by molar-refractivity contribution is -0.146. The number of hydrogen-bond acceptors (Lipinski definition) is 2. The number of carbonyl (C=O) groups is 1. The average Bonchev–Trinajstić information content (AvgIpc) is 2.21. The fraction of sp³-hybridized carbons (Fsp3) is 0.769. The van der Waals surface area contributed by atoms with Crippen molar-refractivity contribution in [3.05, 3.63) is 12.2 Å². The maximum Gasteiger partial charge on any atom is 0.308 e. The van der Waals surface area contributed by atoms with Gasteiger partial charge in [0.25, 0.3) is 0 Å². The largest absolute Gasteiger partial charge is 0.461 e. The fourth-order valence-corrected chi connectivity index (χ4v) is 1.17. The summed E-state index contributed by atoms with van der Waals surface area (Å²) in [6, 6.07) is 0. The summed E-state index contributed by atoms with van der Waals surface area (Å²) in [6.07, 6.45) is 10.3. The first kappa shape index (κ1) is 14.2. The van der Waals surface area contributed by atoms with Crippen LogP contribution < -0.4 is 0 Å². The Kier molecular flexibility index (Phi) is 9.24. The van der Waals surface area contributed by atoms with Gasteiger partial charge in [0, 0.05) is 0 Å². The minimum Gasteiger partial charge on any atom is -0.461 e. The van der Waals surface area contributed by atoms with Gasteiger partial charge in [0.1, 0.15) is 6.61 Å². The highest BCUT2D eigenvalue weighted by atomic mass is 16.5. The van der Waals surface area contributed by atoms with Crippen molar-refractivity contribution in [2.24, 2.45) is 5.92 Å². The molecule has 0 saturated carbocycles. The van der Waals surface area contributed by atoms with Crippen LogP contribution in [0.15, 0.2) is 12.2 Å². The highest BCUT2D eigenvalue weighted by Gasteiger charge is 2.05. The van der Waals surface area contributed by atoms with Crippen molar-refractivity contribution in [1.29, 1.82) is 0 Å². The molecule has 0 bridgehead atoms. The van der Waals surface area contributed by atoms with Crippen LogP contribution in [-0.4, -0.2) is 12.6 Å². The van der Waals surface area contributed by atoms with E-state index in [4.69, 9.17) is 4.74 Å². The minimum atomic E-state index is -0.120. The molecule has 0 aromatic rings. The van der Waals surface area contributed by atoms with Crippen LogP contribution in [0, 0.1) is 5.92 Å². The van der Waals surface area contributed by atoms with E-state index in [2.05, 4.69) is 13.0 Å². The topological polar surface area (TPSA) is 26.3 Å². The summed E-state index contributed by atoms with van der Waals surface area (Å²) in [7, 11) is 0. The molecule has 0 heterocycles. The van der Waals surface area contributed by atoms with Crippen molar-refractivity contribution in [3.63, 3.8) is 0 Å². The lowest BCUT2D eigenvalue weighted by Crippen LogP contribution is -2.11. The molecule has 0 aromatic heterocycles. The van der Waals surface area contributed by atoms with Gasteiger partial charge < -0.3 is 4.74 Å². The number of rotatable bonds is 8. The third kappa shape index (κ3) is 9.51. The number of ether oxygens (including phenoxy) is 1. The number of carbonyl (C=O) groups excluding carboxylic acids is 1. The first-order valence-electron chi connectivity index (χ1n) is 6.00. The molecule has 0 spiro atoms. The fourth-order valence-electron chi connectivity index (χ4n) is 1.17. The molecule has 0 amide bonds. The molecule has 88 valence electrons. The zero-order chi connectivity index (χ0) is 11.5. The molecular formula is C13H24O2. The number of allylic oxidation sites excluding steroid dienone is 1.